The number of halogens is 1. The average Bonchev–Trinajstić information content (AvgIpc) is 2.57. The molecule has 0 aliphatic carbocycles. The summed E-state index contributed by atoms with van der Waals surface area (Å²) < 4.78 is 10.8. The summed E-state index contributed by atoms with van der Waals surface area (Å²) >= 11 is 0. The fourth-order valence-electron chi connectivity index (χ4n) is 1.99. The number of nitrogens with one attached hydrogen (secondary N) is 2. The molecule has 9 heteroatoms. The van der Waals surface area contributed by atoms with Crippen molar-refractivity contribution in [2.45, 2.75) is 19.4 Å². The number of rotatable bonds is 8. The number of morpholine rings is 1. The molecule has 1 fully saturated rings. The van der Waals surface area contributed by atoms with Gasteiger partial charge in [-0.1, -0.05) is 0 Å². The Morgan fingerprint density at radius 1 is 1.28 bits per heavy atom. The molecule has 0 bridgehead atoms. The lowest BCUT2D eigenvalue weighted by Crippen LogP contribution is -2.48. The van der Waals surface area contributed by atoms with Crippen LogP contribution < -0.4 is 10.6 Å². The summed E-state index contributed by atoms with van der Waals surface area (Å²) in [6, 6.07) is 0. The SMILES string of the molecule is COC(C)(C)CNC(=NCC(=O)N(C)C)NCCN1CCOCC1.I. The Labute approximate surface area is 168 Å². The molecule has 0 atom stereocenters. The lowest BCUT2D eigenvalue weighted by Gasteiger charge is -2.27. The van der Waals surface area contributed by atoms with Crippen LogP contribution in [0.5, 0.6) is 0 Å². The van der Waals surface area contributed by atoms with Crippen molar-refractivity contribution < 1.29 is 14.3 Å². The van der Waals surface area contributed by atoms with Crippen LogP contribution in [0.2, 0.25) is 0 Å². The number of likely N-dealkylation sites (N-methyl/N-ethyl adjacent to an activating group) is 1. The van der Waals surface area contributed by atoms with Gasteiger partial charge in [0.05, 0.1) is 18.8 Å². The van der Waals surface area contributed by atoms with Crippen molar-refractivity contribution >= 4 is 35.8 Å². The molecule has 0 spiro atoms. The Morgan fingerprint density at radius 3 is 2.48 bits per heavy atom. The van der Waals surface area contributed by atoms with E-state index in [0.29, 0.717) is 12.5 Å². The van der Waals surface area contributed by atoms with Crippen molar-refractivity contribution in [1.82, 2.24) is 20.4 Å². The topological polar surface area (TPSA) is 78.4 Å². The maximum Gasteiger partial charge on any atom is 0.243 e. The van der Waals surface area contributed by atoms with E-state index in [4.69, 9.17) is 9.47 Å². The quantitative estimate of drug-likeness (QED) is 0.295. The van der Waals surface area contributed by atoms with Crippen LogP contribution in [-0.4, -0.2) is 101 Å². The summed E-state index contributed by atoms with van der Waals surface area (Å²) in [5, 5.41) is 6.53. The van der Waals surface area contributed by atoms with Gasteiger partial charge in [-0.25, -0.2) is 4.99 Å². The zero-order valence-corrected chi connectivity index (χ0v) is 18.5. The molecule has 1 amide bonds. The van der Waals surface area contributed by atoms with E-state index in [0.717, 1.165) is 39.4 Å². The summed E-state index contributed by atoms with van der Waals surface area (Å²) in [7, 11) is 5.13. The highest BCUT2D eigenvalue weighted by Gasteiger charge is 2.17. The molecule has 2 N–H and O–H groups in total. The van der Waals surface area contributed by atoms with Crippen molar-refractivity contribution in [2.75, 3.05) is 73.7 Å². The van der Waals surface area contributed by atoms with Gasteiger partial charge in [0.15, 0.2) is 5.96 Å². The minimum Gasteiger partial charge on any atom is -0.379 e. The Hall–Kier alpha value is -0.650. The molecule has 1 saturated heterocycles. The third kappa shape index (κ3) is 10.8. The Kier molecular flexibility index (Phi) is 12.3. The number of aliphatic imine (C=N–C) groups is 1. The van der Waals surface area contributed by atoms with Crippen LogP contribution in [0.25, 0.3) is 0 Å². The second kappa shape index (κ2) is 12.7. The Balaban J connectivity index is 0.00000576. The van der Waals surface area contributed by atoms with Crippen LogP contribution in [0.3, 0.4) is 0 Å². The summed E-state index contributed by atoms with van der Waals surface area (Å²) in [5.41, 5.74) is -0.307. The molecule has 0 unspecified atom stereocenters. The van der Waals surface area contributed by atoms with Crippen molar-refractivity contribution in [1.29, 1.82) is 0 Å². The summed E-state index contributed by atoms with van der Waals surface area (Å²) in [5.74, 6) is 0.596. The van der Waals surface area contributed by atoms with Gasteiger partial charge >= 0.3 is 0 Å². The van der Waals surface area contributed by atoms with Gasteiger partial charge in [-0.2, -0.15) is 0 Å². The van der Waals surface area contributed by atoms with Crippen LogP contribution in [0, 0.1) is 0 Å². The first-order valence-electron chi connectivity index (χ1n) is 8.41. The molecule has 0 aromatic heterocycles. The predicted octanol–water partition coefficient (Wildman–Crippen LogP) is -0.0150. The third-order valence-electron chi connectivity index (χ3n) is 3.93. The molecule has 1 heterocycles. The second-order valence-corrected chi connectivity index (χ2v) is 6.65. The van der Waals surface area contributed by atoms with Crippen molar-refractivity contribution in [3.63, 3.8) is 0 Å². The predicted molar refractivity (Wildman–Crippen MR) is 111 cm³/mol. The lowest BCUT2D eigenvalue weighted by atomic mass is 10.1. The molecule has 8 nitrogen and oxygen atoms in total. The number of amides is 1. The van der Waals surface area contributed by atoms with Gasteiger partial charge in [-0.15, -0.1) is 24.0 Å². The molecule has 148 valence electrons. The molecule has 0 aromatic rings. The fourth-order valence-corrected chi connectivity index (χ4v) is 1.99. The normalized spacial score (nSPS) is 16.1. The maximum atomic E-state index is 11.7. The van der Waals surface area contributed by atoms with Crippen LogP contribution in [0.4, 0.5) is 0 Å². The van der Waals surface area contributed by atoms with E-state index in [1.54, 1.807) is 21.2 Å². The molecule has 0 saturated carbocycles. The van der Waals surface area contributed by atoms with E-state index in [9.17, 15) is 4.79 Å². The number of hydrogen-bond donors (Lipinski definition) is 2. The number of methoxy groups -OCH3 is 1. The van der Waals surface area contributed by atoms with E-state index in [1.165, 1.54) is 4.90 Å². The minimum atomic E-state index is -0.307. The van der Waals surface area contributed by atoms with Crippen LogP contribution in [0.15, 0.2) is 4.99 Å². The van der Waals surface area contributed by atoms with Crippen LogP contribution in [0.1, 0.15) is 13.8 Å². The highest BCUT2D eigenvalue weighted by atomic mass is 127. The van der Waals surface area contributed by atoms with Crippen molar-refractivity contribution in [3.8, 4) is 0 Å². The fraction of sp³-hybridized carbons (Fsp3) is 0.875. The standard InChI is InChI=1S/C16H33N5O3.HI/c1-16(2,23-5)13-19-15(18-12-14(22)20(3)4)17-6-7-21-8-10-24-11-9-21;/h6-13H2,1-5H3,(H2,17,18,19);1H. The monoisotopic (exact) mass is 471 g/mol. The third-order valence-corrected chi connectivity index (χ3v) is 3.93. The first-order chi connectivity index (χ1) is 11.3. The largest absolute Gasteiger partial charge is 0.379 e. The van der Waals surface area contributed by atoms with E-state index in [1.807, 2.05) is 13.8 Å². The smallest absolute Gasteiger partial charge is 0.243 e. The number of nitrogens with zero attached hydrogens (tertiary/aromatic N) is 3. The lowest BCUT2D eigenvalue weighted by molar-refractivity contribution is -0.127. The molecule has 25 heavy (non-hydrogen) atoms. The van der Waals surface area contributed by atoms with Crippen molar-refractivity contribution in [3.05, 3.63) is 0 Å². The number of carbonyl (C=O) groups excluding carboxylic acids is 1. The highest BCUT2D eigenvalue weighted by molar-refractivity contribution is 14.0. The van der Waals surface area contributed by atoms with Crippen molar-refractivity contribution in [2.24, 2.45) is 4.99 Å². The van der Waals surface area contributed by atoms with E-state index in [-0.39, 0.29) is 42.0 Å². The van der Waals surface area contributed by atoms with Gasteiger partial charge < -0.3 is 25.0 Å². The zero-order chi connectivity index (χ0) is 18.0. The maximum absolute atomic E-state index is 11.7. The molecular formula is C16H34IN5O3. The van der Waals surface area contributed by atoms with Gasteiger partial charge in [-0.05, 0) is 13.8 Å². The van der Waals surface area contributed by atoms with Crippen LogP contribution >= 0.6 is 24.0 Å². The number of carbonyl (C=O) groups is 1. The van der Waals surface area contributed by atoms with Gasteiger partial charge in [0.2, 0.25) is 5.91 Å². The Morgan fingerprint density at radius 2 is 1.92 bits per heavy atom. The summed E-state index contributed by atoms with van der Waals surface area (Å²) in [4.78, 5) is 20.0. The van der Waals surface area contributed by atoms with Gasteiger partial charge in [0.1, 0.15) is 6.54 Å². The van der Waals surface area contributed by atoms with E-state index in [2.05, 4.69) is 20.5 Å². The average molecular weight is 471 g/mol. The first kappa shape index (κ1) is 24.4. The second-order valence-electron chi connectivity index (χ2n) is 6.65. The zero-order valence-electron chi connectivity index (χ0n) is 16.1. The van der Waals surface area contributed by atoms with E-state index >= 15 is 0 Å². The van der Waals surface area contributed by atoms with Gasteiger partial charge in [0.25, 0.3) is 0 Å². The molecule has 1 aliphatic rings. The van der Waals surface area contributed by atoms with Gasteiger partial charge in [-0.3, -0.25) is 9.69 Å². The Bertz CT molecular complexity index is 413. The minimum absolute atomic E-state index is 0. The summed E-state index contributed by atoms with van der Waals surface area (Å²) in [6.45, 7) is 9.88. The summed E-state index contributed by atoms with van der Waals surface area (Å²) in [6.07, 6.45) is 0. The van der Waals surface area contributed by atoms with Gasteiger partial charge in [0, 0.05) is 53.9 Å². The highest BCUT2D eigenvalue weighted by Crippen LogP contribution is 2.04. The molecular weight excluding hydrogens is 437 g/mol. The number of guanidine groups is 1. The molecule has 0 aromatic carbocycles. The number of ether oxygens (including phenoxy) is 2. The van der Waals surface area contributed by atoms with E-state index < -0.39 is 0 Å². The number of hydrogen-bond acceptors (Lipinski definition) is 5. The molecule has 1 aliphatic heterocycles. The van der Waals surface area contributed by atoms with Crippen LogP contribution in [-0.2, 0) is 14.3 Å². The molecule has 1 rings (SSSR count). The first-order valence-corrected chi connectivity index (χ1v) is 8.41. The molecule has 0 radical (unpaired) electrons.